The minimum absolute atomic E-state index is 0.0158. The first-order valence-electron chi connectivity index (χ1n) is 4.72. The molecule has 2 fully saturated rings. The fourth-order valence-electron chi connectivity index (χ4n) is 2.15. The summed E-state index contributed by atoms with van der Waals surface area (Å²) in [6.07, 6.45) is 0.418. The summed E-state index contributed by atoms with van der Waals surface area (Å²) in [6.45, 7) is 1.81. The third-order valence-corrected chi connectivity index (χ3v) is 5.49. The summed E-state index contributed by atoms with van der Waals surface area (Å²) < 4.78 is -0.566. The molecule has 1 N–H and O–H groups in total. The van der Waals surface area contributed by atoms with E-state index in [1.807, 2.05) is 12.3 Å². The predicted molar refractivity (Wildman–Crippen MR) is 60.7 cm³/mol. The zero-order valence-electron chi connectivity index (χ0n) is 8.54. The molecule has 2 heterocycles. The van der Waals surface area contributed by atoms with E-state index in [-0.39, 0.29) is 11.3 Å². The van der Waals surface area contributed by atoms with Crippen LogP contribution in [0.25, 0.3) is 0 Å². The Morgan fingerprint density at radius 2 is 2.56 bits per heavy atom. The Bertz CT molecular complexity index is 395. The van der Waals surface area contributed by atoms with E-state index < -0.39 is 16.8 Å². The molecule has 7 heteroatoms. The van der Waals surface area contributed by atoms with Crippen LogP contribution < -0.4 is 0 Å². The van der Waals surface area contributed by atoms with Crippen LogP contribution in [0.3, 0.4) is 0 Å². The number of hydrogen-bond donors (Lipinski definition) is 1. The van der Waals surface area contributed by atoms with Crippen molar-refractivity contribution in [2.75, 3.05) is 5.75 Å². The van der Waals surface area contributed by atoms with Crippen molar-refractivity contribution in [1.82, 2.24) is 4.90 Å². The SMILES string of the molecule is C[C@@]1(CSC#N)S[C@@H]2CC(=O)N2[C@H]1C(=O)O. The van der Waals surface area contributed by atoms with E-state index >= 15 is 0 Å². The van der Waals surface area contributed by atoms with E-state index in [4.69, 9.17) is 5.26 Å². The van der Waals surface area contributed by atoms with Gasteiger partial charge in [-0.2, -0.15) is 5.26 Å². The lowest BCUT2D eigenvalue weighted by atomic mass is 9.98. The van der Waals surface area contributed by atoms with Gasteiger partial charge in [-0.05, 0) is 18.7 Å². The fraction of sp³-hybridized carbons (Fsp3) is 0.667. The normalized spacial score (nSPS) is 36.5. The maximum atomic E-state index is 11.4. The summed E-state index contributed by atoms with van der Waals surface area (Å²) in [6, 6.07) is -0.801. The standard InChI is InChI=1S/C9H10N2O3S2/c1-9(3-15-4-10)7(8(13)14)11-5(12)2-6(11)16-9/h6-7H,2-3H2,1H3,(H,13,14)/t6-,7+,9+/m1/s1. The average molecular weight is 258 g/mol. The number of aliphatic carboxylic acids is 1. The van der Waals surface area contributed by atoms with Crippen molar-refractivity contribution >= 4 is 35.4 Å². The molecular formula is C9H10N2O3S2. The van der Waals surface area contributed by atoms with E-state index in [0.29, 0.717) is 12.2 Å². The maximum Gasteiger partial charge on any atom is 0.327 e. The van der Waals surface area contributed by atoms with Crippen molar-refractivity contribution in [2.24, 2.45) is 0 Å². The van der Waals surface area contributed by atoms with Crippen LogP contribution in [0.2, 0.25) is 0 Å². The number of carbonyl (C=O) groups excluding carboxylic acids is 1. The van der Waals surface area contributed by atoms with Crippen LogP contribution in [0.1, 0.15) is 13.3 Å². The lowest BCUT2D eigenvalue weighted by molar-refractivity contribution is -0.157. The molecule has 86 valence electrons. The number of nitrogens with zero attached hydrogens (tertiary/aromatic N) is 2. The van der Waals surface area contributed by atoms with Crippen LogP contribution in [-0.2, 0) is 9.59 Å². The quantitative estimate of drug-likeness (QED) is 0.593. The third kappa shape index (κ3) is 1.57. The summed E-state index contributed by atoms with van der Waals surface area (Å²) in [5.41, 5.74) is 0. The third-order valence-electron chi connectivity index (χ3n) is 2.87. The number of carboxylic acids is 1. The number of rotatable bonds is 3. The van der Waals surface area contributed by atoms with Crippen LogP contribution in [0, 0.1) is 10.7 Å². The highest BCUT2D eigenvalue weighted by Crippen LogP contribution is 2.51. The van der Waals surface area contributed by atoms with Crippen LogP contribution in [0.5, 0.6) is 0 Å². The number of hydrogen-bond acceptors (Lipinski definition) is 5. The van der Waals surface area contributed by atoms with Gasteiger partial charge < -0.3 is 10.0 Å². The van der Waals surface area contributed by atoms with E-state index in [1.54, 1.807) is 0 Å². The molecular weight excluding hydrogens is 248 g/mol. The van der Waals surface area contributed by atoms with Crippen LogP contribution in [-0.4, -0.2) is 43.8 Å². The molecule has 0 saturated carbocycles. The number of amides is 1. The zero-order chi connectivity index (χ0) is 11.9. The number of fused-ring (bicyclic) bond motifs is 1. The summed E-state index contributed by atoms with van der Waals surface area (Å²) in [5, 5.41) is 19.7. The van der Waals surface area contributed by atoms with Gasteiger partial charge >= 0.3 is 5.97 Å². The molecule has 2 saturated heterocycles. The van der Waals surface area contributed by atoms with Crippen molar-refractivity contribution in [1.29, 1.82) is 5.26 Å². The Balaban J connectivity index is 2.22. The topological polar surface area (TPSA) is 81.4 Å². The van der Waals surface area contributed by atoms with Gasteiger partial charge in [0.05, 0.1) is 16.5 Å². The number of thioether (sulfide) groups is 2. The lowest BCUT2D eigenvalue weighted by Crippen LogP contribution is -2.57. The van der Waals surface area contributed by atoms with Gasteiger partial charge in [0.1, 0.15) is 11.4 Å². The molecule has 2 aliphatic rings. The molecule has 0 unspecified atom stereocenters. The highest BCUT2D eigenvalue weighted by Gasteiger charge is 2.60. The van der Waals surface area contributed by atoms with E-state index in [9.17, 15) is 14.7 Å². The van der Waals surface area contributed by atoms with Crippen LogP contribution in [0.4, 0.5) is 0 Å². The molecule has 0 spiro atoms. The van der Waals surface area contributed by atoms with Gasteiger partial charge in [0.15, 0.2) is 0 Å². The Kier molecular flexibility index (Phi) is 2.80. The smallest absolute Gasteiger partial charge is 0.327 e. The van der Waals surface area contributed by atoms with Gasteiger partial charge in [0.25, 0.3) is 0 Å². The fourth-order valence-corrected chi connectivity index (χ4v) is 4.65. The summed E-state index contributed by atoms with van der Waals surface area (Å²) in [5.74, 6) is -0.662. The second-order valence-electron chi connectivity index (χ2n) is 4.01. The van der Waals surface area contributed by atoms with Crippen LogP contribution in [0.15, 0.2) is 0 Å². The molecule has 0 aromatic carbocycles. The molecule has 16 heavy (non-hydrogen) atoms. The maximum absolute atomic E-state index is 11.4. The van der Waals surface area contributed by atoms with Crippen molar-refractivity contribution in [3.05, 3.63) is 0 Å². The Morgan fingerprint density at radius 1 is 1.88 bits per heavy atom. The average Bonchev–Trinajstić information content (AvgIpc) is 2.45. The molecule has 0 radical (unpaired) electrons. The minimum atomic E-state index is -0.982. The van der Waals surface area contributed by atoms with Crippen LogP contribution >= 0.6 is 23.5 Å². The monoisotopic (exact) mass is 258 g/mol. The van der Waals surface area contributed by atoms with E-state index in [1.165, 1.54) is 16.7 Å². The molecule has 2 aliphatic heterocycles. The molecule has 5 nitrogen and oxygen atoms in total. The lowest BCUT2D eigenvalue weighted by Gasteiger charge is -2.36. The number of carboxylic acid groups (broad SMARTS) is 1. The van der Waals surface area contributed by atoms with Gasteiger partial charge in [-0.3, -0.25) is 4.79 Å². The van der Waals surface area contributed by atoms with Gasteiger partial charge in [0, 0.05) is 5.75 Å². The molecule has 1 amide bonds. The predicted octanol–water partition coefficient (Wildman–Crippen LogP) is 0.718. The second-order valence-corrected chi connectivity index (χ2v) is 6.48. The molecule has 0 bridgehead atoms. The van der Waals surface area contributed by atoms with Crippen molar-refractivity contribution in [3.8, 4) is 5.40 Å². The molecule has 0 aliphatic carbocycles. The largest absolute Gasteiger partial charge is 0.480 e. The van der Waals surface area contributed by atoms with Crippen molar-refractivity contribution in [2.45, 2.75) is 29.5 Å². The van der Waals surface area contributed by atoms with Gasteiger partial charge in [0.2, 0.25) is 5.91 Å². The molecule has 0 aromatic rings. The summed E-state index contributed by atoms with van der Waals surface area (Å²) in [4.78, 5) is 24.0. The second kappa shape index (κ2) is 3.86. The van der Waals surface area contributed by atoms with Crippen molar-refractivity contribution in [3.63, 3.8) is 0 Å². The van der Waals surface area contributed by atoms with E-state index in [2.05, 4.69) is 0 Å². The van der Waals surface area contributed by atoms with Crippen molar-refractivity contribution < 1.29 is 14.7 Å². The molecule has 0 aromatic heterocycles. The molecule has 2 rings (SSSR count). The first-order valence-corrected chi connectivity index (χ1v) is 6.59. The summed E-state index contributed by atoms with van der Waals surface area (Å²) in [7, 11) is 0. The number of thiocyanates is 1. The Hall–Kier alpha value is -0.870. The zero-order valence-corrected chi connectivity index (χ0v) is 10.2. The van der Waals surface area contributed by atoms with Gasteiger partial charge in [-0.1, -0.05) is 0 Å². The summed E-state index contributed by atoms with van der Waals surface area (Å²) >= 11 is 2.54. The van der Waals surface area contributed by atoms with Gasteiger partial charge in [-0.25, -0.2) is 4.79 Å². The first-order chi connectivity index (χ1) is 7.49. The minimum Gasteiger partial charge on any atom is -0.480 e. The number of nitriles is 1. The Morgan fingerprint density at radius 3 is 3.06 bits per heavy atom. The Labute approximate surface area is 101 Å². The molecule has 3 atom stereocenters. The highest BCUT2D eigenvalue weighted by molar-refractivity contribution is 8.06. The number of carbonyl (C=O) groups is 2. The first kappa shape index (κ1) is 11.6. The highest BCUT2D eigenvalue weighted by atomic mass is 32.2. The number of β-lactam (4-membered cyclic amide) rings is 1. The van der Waals surface area contributed by atoms with E-state index in [0.717, 1.165) is 11.8 Å². The van der Waals surface area contributed by atoms with Gasteiger partial charge in [-0.15, -0.1) is 11.8 Å².